The lowest BCUT2D eigenvalue weighted by molar-refractivity contribution is 0.0606. The number of cyclic esters (lactones) is 1. The number of amides is 2. The molecule has 2 saturated heterocycles. The Kier molecular flexibility index (Phi) is 5.20. The summed E-state index contributed by atoms with van der Waals surface area (Å²) in [4.78, 5) is 28.5. The van der Waals surface area contributed by atoms with Crippen molar-refractivity contribution in [3.8, 4) is 0 Å². The van der Waals surface area contributed by atoms with Crippen molar-refractivity contribution in [3.63, 3.8) is 0 Å². The molecule has 2 fully saturated rings. The minimum atomic E-state index is -0.240. The third-order valence-electron chi connectivity index (χ3n) is 5.25. The van der Waals surface area contributed by atoms with Gasteiger partial charge in [0.05, 0.1) is 6.04 Å². The van der Waals surface area contributed by atoms with Gasteiger partial charge in [-0.25, -0.2) is 4.79 Å². The van der Waals surface area contributed by atoms with E-state index in [9.17, 15) is 9.59 Å². The zero-order valence-electron chi connectivity index (χ0n) is 14.8. The first kappa shape index (κ1) is 18.1. The van der Waals surface area contributed by atoms with Crippen molar-refractivity contribution in [2.45, 2.75) is 31.3 Å². The van der Waals surface area contributed by atoms with E-state index in [0.29, 0.717) is 30.1 Å². The number of hydrogen-bond donors (Lipinski definition) is 0. The molecule has 0 N–H and O–H groups in total. The molecule has 1 unspecified atom stereocenters. The minimum absolute atomic E-state index is 0.0492. The standard InChI is InChI=1S/C20H21BrN2O4/c21-18-7-6-17(27-18)19(24)22-10-8-15(9-11-22)23-16(13-26-20(23)25)12-14-4-2-1-3-5-14/h1-7,15-16H,8-13H2. The molecule has 3 heterocycles. The van der Waals surface area contributed by atoms with Crippen molar-refractivity contribution in [1.29, 1.82) is 0 Å². The number of hydrogen-bond acceptors (Lipinski definition) is 4. The Bertz CT molecular complexity index is 814. The van der Waals surface area contributed by atoms with Gasteiger partial charge in [0.1, 0.15) is 6.61 Å². The number of piperidine rings is 1. The second kappa shape index (κ2) is 7.76. The van der Waals surface area contributed by atoms with Crippen molar-refractivity contribution < 1.29 is 18.7 Å². The second-order valence-corrected chi connectivity index (χ2v) is 7.74. The average molecular weight is 433 g/mol. The molecule has 142 valence electrons. The maximum Gasteiger partial charge on any atom is 0.410 e. The predicted octanol–water partition coefficient (Wildman–Crippen LogP) is 3.71. The van der Waals surface area contributed by atoms with E-state index in [-0.39, 0.29) is 24.1 Å². The predicted molar refractivity (Wildman–Crippen MR) is 102 cm³/mol. The van der Waals surface area contributed by atoms with Gasteiger partial charge in [-0.3, -0.25) is 9.69 Å². The van der Waals surface area contributed by atoms with Gasteiger partial charge in [0.2, 0.25) is 0 Å². The molecule has 0 saturated carbocycles. The molecule has 1 aromatic carbocycles. The van der Waals surface area contributed by atoms with Crippen LogP contribution in [0.5, 0.6) is 0 Å². The zero-order chi connectivity index (χ0) is 18.8. The summed E-state index contributed by atoms with van der Waals surface area (Å²) in [5.74, 6) is 0.229. The average Bonchev–Trinajstić information content (AvgIpc) is 3.28. The van der Waals surface area contributed by atoms with Gasteiger partial charge in [-0.05, 0) is 52.9 Å². The van der Waals surface area contributed by atoms with E-state index in [2.05, 4.69) is 28.1 Å². The molecule has 4 rings (SSSR count). The van der Waals surface area contributed by atoms with Crippen LogP contribution in [0.4, 0.5) is 4.79 Å². The molecule has 7 heteroatoms. The Morgan fingerprint density at radius 2 is 1.85 bits per heavy atom. The molecule has 27 heavy (non-hydrogen) atoms. The van der Waals surface area contributed by atoms with Gasteiger partial charge in [0.15, 0.2) is 10.4 Å². The van der Waals surface area contributed by atoms with Crippen molar-refractivity contribution in [1.82, 2.24) is 9.80 Å². The van der Waals surface area contributed by atoms with Crippen LogP contribution in [-0.4, -0.2) is 53.6 Å². The number of rotatable bonds is 4. The highest BCUT2D eigenvalue weighted by Crippen LogP contribution is 2.27. The molecule has 0 aliphatic carbocycles. The van der Waals surface area contributed by atoms with Crippen LogP contribution >= 0.6 is 15.9 Å². The lowest BCUT2D eigenvalue weighted by Crippen LogP contribution is -2.50. The maximum absolute atomic E-state index is 12.5. The second-order valence-electron chi connectivity index (χ2n) is 6.95. The summed E-state index contributed by atoms with van der Waals surface area (Å²) in [6, 6.07) is 13.7. The maximum atomic E-state index is 12.5. The lowest BCUT2D eigenvalue weighted by atomic mass is 9.99. The van der Waals surface area contributed by atoms with Crippen LogP contribution in [0.2, 0.25) is 0 Å². The first-order chi connectivity index (χ1) is 13.1. The highest BCUT2D eigenvalue weighted by molar-refractivity contribution is 9.10. The number of carbonyl (C=O) groups is 2. The van der Waals surface area contributed by atoms with Crippen LogP contribution in [0, 0.1) is 0 Å². The van der Waals surface area contributed by atoms with E-state index >= 15 is 0 Å². The molecule has 2 aliphatic rings. The van der Waals surface area contributed by atoms with Crippen molar-refractivity contribution in [2.75, 3.05) is 19.7 Å². The molecule has 0 radical (unpaired) electrons. The van der Waals surface area contributed by atoms with Gasteiger partial charge >= 0.3 is 6.09 Å². The van der Waals surface area contributed by atoms with Crippen LogP contribution in [-0.2, 0) is 11.2 Å². The van der Waals surface area contributed by atoms with Crippen molar-refractivity contribution in [3.05, 3.63) is 58.5 Å². The van der Waals surface area contributed by atoms with Crippen LogP contribution < -0.4 is 0 Å². The minimum Gasteiger partial charge on any atom is -0.447 e. The number of carbonyl (C=O) groups excluding carboxylic acids is 2. The molecule has 0 spiro atoms. The molecule has 2 aromatic rings. The van der Waals surface area contributed by atoms with E-state index < -0.39 is 0 Å². The summed E-state index contributed by atoms with van der Waals surface area (Å²) in [5, 5.41) is 0. The van der Waals surface area contributed by atoms with Crippen LogP contribution in [0.25, 0.3) is 0 Å². The van der Waals surface area contributed by atoms with E-state index in [0.717, 1.165) is 19.3 Å². The van der Waals surface area contributed by atoms with Gasteiger partial charge in [-0.2, -0.15) is 0 Å². The Morgan fingerprint density at radius 1 is 1.11 bits per heavy atom. The monoisotopic (exact) mass is 432 g/mol. The molecular formula is C20H21BrN2O4. The third-order valence-corrected chi connectivity index (χ3v) is 5.67. The highest BCUT2D eigenvalue weighted by Gasteiger charge is 2.40. The summed E-state index contributed by atoms with van der Waals surface area (Å²) < 4.78 is 11.2. The fraction of sp³-hybridized carbons (Fsp3) is 0.400. The van der Waals surface area contributed by atoms with Crippen molar-refractivity contribution >= 4 is 27.9 Å². The summed E-state index contributed by atoms with van der Waals surface area (Å²) in [5.41, 5.74) is 1.20. The number of benzene rings is 1. The Labute approximate surface area is 166 Å². The van der Waals surface area contributed by atoms with Gasteiger partial charge in [0, 0.05) is 19.1 Å². The molecule has 6 nitrogen and oxygen atoms in total. The fourth-order valence-electron chi connectivity index (χ4n) is 3.89. The van der Waals surface area contributed by atoms with Gasteiger partial charge in [-0.1, -0.05) is 30.3 Å². The summed E-state index contributed by atoms with van der Waals surface area (Å²) >= 11 is 3.22. The van der Waals surface area contributed by atoms with E-state index in [1.807, 2.05) is 23.1 Å². The topological polar surface area (TPSA) is 63.0 Å². The van der Waals surface area contributed by atoms with Gasteiger partial charge in [0.25, 0.3) is 5.91 Å². The lowest BCUT2D eigenvalue weighted by Gasteiger charge is -2.37. The number of ether oxygens (including phenoxy) is 1. The first-order valence-corrected chi connectivity index (χ1v) is 9.95. The van der Waals surface area contributed by atoms with E-state index in [1.165, 1.54) is 5.56 Å². The largest absolute Gasteiger partial charge is 0.447 e. The first-order valence-electron chi connectivity index (χ1n) is 9.15. The Hall–Kier alpha value is -2.28. The normalized spacial score (nSPS) is 20.8. The molecule has 2 amide bonds. The molecule has 1 aromatic heterocycles. The quantitative estimate of drug-likeness (QED) is 0.738. The third kappa shape index (κ3) is 3.88. The Morgan fingerprint density at radius 3 is 2.52 bits per heavy atom. The number of halogens is 1. The fourth-order valence-corrected chi connectivity index (χ4v) is 4.20. The molecular weight excluding hydrogens is 412 g/mol. The van der Waals surface area contributed by atoms with Crippen LogP contribution in [0.15, 0.2) is 51.6 Å². The van der Waals surface area contributed by atoms with E-state index in [4.69, 9.17) is 9.15 Å². The number of nitrogens with zero attached hydrogens (tertiary/aromatic N) is 2. The highest BCUT2D eigenvalue weighted by atomic mass is 79.9. The summed E-state index contributed by atoms with van der Waals surface area (Å²) in [6.45, 7) is 1.63. The molecule has 2 aliphatic heterocycles. The molecule has 0 bridgehead atoms. The van der Waals surface area contributed by atoms with Crippen LogP contribution in [0.3, 0.4) is 0 Å². The SMILES string of the molecule is O=C(c1ccc(Br)o1)N1CCC(N2C(=O)OCC2Cc2ccccc2)CC1. The van der Waals surface area contributed by atoms with Crippen molar-refractivity contribution in [2.24, 2.45) is 0 Å². The number of furan rings is 1. The van der Waals surface area contributed by atoms with Gasteiger partial charge < -0.3 is 14.1 Å². The Balaban J connectivity index is 1.39. The number of likely N-dealkylation sites (tertiary alicyclic amines) is 1. The summed E-state index contributed by atoms with van der Waals surface area (Å²) in [7, 11) is 0. The van der Waals surface area contributed by atoms with Crippen LogP contribution in [0.1, 0.15) is 29.0 Å². The van der Waals surface area contributed by atoms with E-state index in [1.54, 1.807) is 17.0 Å². The summed E-state index contributed by atoms with van der Waals surface area (Å²) in [6.07, 6.45) is 2.03. The smallest absolute Gasteiger partial charge is 0.410 e. The molecule has 1 atom stereocenters. The zero-order valence-corrected chi connectivity index (χ0v) is 16.4. The van der Waals surface area contributed by atoms with Gasteiger partial charge in [-0.15, -0.1) is 0 Å².